The summed E-state index contributed by atoms with van der Waals surface area (Å²) in [6.45, 7) is 0.807. The first-order valence-electron chi connectivity index (χ1n) is 2.71. The summed E-state index contributed by atoms with van der Waals surface area (Å²) in [7, 11) is 0. The van der Waals surface area contributed by atoms with Crippen LogP contribution in [0.15, 0.2) is 0 Å². The van der Waals surface area contributed by atoms with Gasteiger partial charge in [0.25, 0.3) is 0 Å². The number of carbonyl (C=O) groups is 2. The number of nitrogens with two attached hydrogens (primary N) is 1. The van der Waals surface area contributed by atoms with Crippen LogP contribution < -0.4 is 5.73 Å². The monoisotopic (exact) mass is 181 g/mol. The average molecular weight is 181 g/mol. The Kier molecular flexibility index (Phi) is 10.8. The maximum atomic E-state index is 9.10. The van der Waals surface area contributed by atoms with E-state index < -0.39 is 11.9 Å². The normalized spacial score (nSPS) is 7.82. The molecule has 0 aliphatic rings. The molecule has 4 N–H and O–H groups in total. The summed E-state index contributed by atoms with van der Waals surface area (Å²) in [5.74, 6) is -2.56. The highest BCUT2D eigenvalue weighted by molar-refractivity contribution is 7.98. The van der Waals surface area contributed by atoms with Crippen LogP contribution in [-0.4, -0.2) is 40.7 Å². The lowest BCUT2D eigenvalue weighted by atomic mass is 10.7. The van der Waals surface area contributed by atoms with E-state index in [4.69, 9.17) is 25.5 Å². The molecule has 0 bridgehead atoms. The molecule has 0 aromatic heterocycles. The molecule has 0 aliphatic heterocycles. The van der Waals surface area contributed by atoms with Crippen molar-refractivity contribution in [1.82, 2.24) is 0 Å². The molecular weight excluding hydrogens is 170 g/mol. The lowest BCUT2D eigenvalue weighted by molar-refractivity contribution is -0.159. The molecule has 0 aromatic carbocycles. The van der Waals surface area contributed by atoms with E-state index in [1.165, 1.54) is 0 Å². The maximum Gasteiger partial charge on any atom is 0.414 e. The second-order valence-corrected chi connectivity index (χ2v) is 2.38. The van der Waals surface area contributed by atoms with Crippen LogP contribution >= 0.6 is 11.8 Å². The topological polar surface area (TPSA) is 101 Å². The fraction of sp³-hybridized carbons (Fsp3) is 0.600. The maximum absolute atomic E-state index is 9.10. The van der Waals surface area contributed by atoms with E-state index in [9.17, 15) is 0 Å². The molecular formula is C5H11NO4S. The number of thioether (sulfide) groups is 1. The summed E-state index contributed by atoms with van der Waals surface area (Å²) in [6, 6.07) is 0. The Morgan fingerprint density at radius 1 is 1.36 bits per heavy atom. The van der Waals surface area contributed by atoms with E-state index in [2.05, 4.69) is 0 Å². The molecule has 0 rings (SSSR count). The van der Waals surface area contributed by atoms with Crippen molar-refractivity contribution in [3.63, 3.8) is 0 Å². The van der Waals surface area contributed by atoms with Crippen LogP contribution in [-0.2, 0) is 9.59 Å². The molecule has 0 spiro atoms. The van der Waals surface area contributed by atoms with Gasteiger partial charge in [-0.05, 0) is 6.26 Å². The third-order valence-corrected chi connectivity index (χ3v) is 1.15. The molecule has 0 atom stereocenters. The average Bonchev–Trinajstić information content (AvgIpc) is 1.90. The van der Waals surface area contributed by atoms with E-state index in [1.54, 1.807) is 11.8 Å². The quantitative estimate of drug-likeness (QED) is 0.495. The lowest BCUT2D eigenvalue weighted by Gasteiger charge is -1.80. The van der Waals surface area contributed by atoms with Crippen molar-refractivity contribution in [1.29, 1.82) is 0 Å². The van der Waals surface area contributed by atoms with Crippen molar-refractivity contribution >= 4 is 23.7 Å². The van der Waals surface area contributed by atoms with Gasteiger partial charge in [-0.1, -0.05) is 0 Å². The molecule has 0 aromatic rings. The van der Waals surface area contributed by atoms with Crippen molar-refractivity contribution in [3.8, 4) is 0 Å². The molecule has 0 radical (unpaired) electrons. The van der Waals surface area contributed by atoms with Crippen molar-refractivity contribution < 1.29 is 19.8 Å². The van der Waals surface area contributed by atoms with Crippen LogP contribution in [0.5, 0.6) is 0 Å². The first-order valence-corrected chi connectivity index (χ1v) is 4.10. The van der Waals surface area contributed by atoms with E-state index in [-0.39, 0.29) is 0 Å². The summed E-state index contributed by atoms with van der Waals surface area (Å²) in [5, 5.41) is 14.8. The molecule has 0 saturated heterocycles. The summed E-state index contributed by atoms with van der Waals surface area (Å²) < 4.78 is 0. The zero-order valence-electron chi connectivity index (χ0n) is 6.11. The van der Waals surface area contributed by atoms with Gasteiger partial charge in [-0.3, -0.25) is 0 Å². The molecule has 5 nitrogen and oxygen atoms in total. The van der Waals surface area contributed by atoms with Crippen molar-refractivity contribution in [2.24, 2.45) is 5.73 Å². The molecule has 0 fully saturated rings. The van der Waals surface area contributed by atoms with E-state index in [0.717, 1.165) is 12.3 Å². The Morgan fingerprint density at radius 2 is 1.73 bits per heavy atom. The van der Waals surface area contributed by atoms with Gasteiger partial charge in [0, 0.05) is 12.3 Å². The van der Waals surface area contributed by atoms with E-state index >= 15 is 0 Å². The third-order valence-electron chi connectivity index (χ3n) is 0.505. The molecule has 11 heavy (non-hydrogen) atoms. The highest BCUT2D eigenvalue weighted by Crippen LogP contribution is 1.83. The summed E-state index contributed by atoms with van der Waals surface area (Å²) in [4.78, 5) is 18.2. The summed E-state index contributed by atoms with van der Waals surface area (Å²) in [6.07, 6.45) is 2.05. The van der Waals surface area contributed by atoms with Gasteiger partial charge in [-0.25, -0.2) is 9.59 Å². The smallest absolute Gasteiger partial charge is 0.414 e. The number of rotatable bonds is 2. The van der Waals surface area contributed by atoms with Gasteiger partial charge in [0.05, 0.1) is 0 Å². The SMILES string of the molecule is CSCCN.O=C(O)C(=O)O. The Bertz CT molecular complexity index is 114. The fourth-order valence-electron chi connectivity index (χ4n) is 0.118. The minimum absolute atomic E-state index is 0.807. The van der Waals surface area contributed by atoms with Crippen molar-refractivity contribution in [2.75, 3.05) is 18.6 Å². The van der Waals surface area contributed by atoms with Crippen LogP contribution in [0.1, 0.15) is 0 Å². The molecule has 6 heteroatoms. The Hall–Kier alpha value is -0.750. The molecule has 0 saturated carbocycles. The first-order chi connectivity index (χ1) is 5.06. The Morgan fingerprint density at radius 3 is 1.73 bits per heavy atom. The van der Waals surface area contributed by atoms with Gasteiger partial charge in [0.2, 0.25) is 0 Å². The van der Waals surface area contributed by atoms with Gasteiger partial charge in [0.15, 0.2) is 0 Å². The third kappa shape index (κ3) is 17.6. The molecule has 0 aliphatic carbocycles. The van der Waals surface area contributed by atoms with Gasteiger partial charge in [-0.2, -0.15) is 11.8 Å². The van der Waals surface area contributed by atoms with E-state index in [0.29, 0.717) is 0 Å². The number of hydrogen-bond acceptors (Lipinski definition) is 4. The van der Waals surface area contributed by atoms with Crippen LogP contribution in [0.25, 0.3) is 0 Å². The van der Waals surface area contributed by atoms with Gasteiger partial charge in [-0.15, -0.1) is 0 Å². The second kappa shape index (κ2) is 9.25. The summed E-state index contributed by atoms with van der Waals surface area (Å²) in [5.41, 5.74) is 5.12. The molecule has 0 amide bonds. The largest absolute Gasteiger partial charge is 0.473 e. The summed E-state index contributed by atoms with van der Waals surface area (Å²) >= 11 is 1.78. The first kappa shape index (κ1) is 12.9. The van der Waals surface area contributed by atoms with Crippen LogP contribution in [0.2, 0.25) is 0 Å². The van der Waals surface area contributed by atoms with Crippen molar-refractivity contribution in [2.45, 2.75) is 0 Å². The highest BCUT2D eigenvalue weighted by atomic mass is 32.2. The molecule has 0 heterocycles. The van der Waals surface area contributed by atoms with Crippen LogP contribution in [0.3, 0.4) is 0 Å². The number of carboxylic acid groups (broad SMARTS) is 2. The van der Waals surface area contributed by atoms with Gasteiger partial charge < -0.3 is 15.9 Å². The lowest BCUT2D eigenvalue weighted by Crippen LogP contribution is -2.09. The minimum atomic E-state index is -1.82. The van der Waals surface area contributed by atoms with Gasteiger partial charge >= 0.3 is 11.9 Å². The molecule has 66 valence electrons. The zero-order valence-corrected chi connectivity index (χ0v) is 6.93. The predicted octanol–water partition coefficient (Wildman–Crippen LogP) is -0.536. The standard InChI is InChI=1S/C3H9NS.C2H2O4/c1-5-3-2-4;3-1(4)2(5)6/h2-4H2,1H3;(H,3,4)(H,5,6). The number of aliphatic carboxylic acids is 2. The zero-order chi connectivity index (χ0) is 9.28. The highest BCUT2D eigenvalue weighted by Gasteiger charge is 2.04. The minimum Gasteiger partial charge on any atom is -0.473 e. The van der Waals surface area contributed by atoms with Gasteiger partial charge in [0.1, 0.15) is 0 Å². The van der Waals surface area contributed by atoms with Crippen LogP contribution in [0, 0.1) is 0 Å². The predicted molar refractivity (Wildman–Crippen MR) is 42.7 cm³/mol. The second-order valence-electron chi connectivity index (χ2n) is 1.39. The Balaban J connectivity index is 0. The Labute approximate surface area is 68.6 Å². The van der Waals surface area contributed by atoms with Crippen LogP contribution in [0.4, 0.5) is 0 Å². The number of carboxylic acids is 2. The molecule has 0 unspecified atom stereocenters. The van der Waals surface area contributed by atoms with Crippen molar-refractivity contribution in [3.05, 3.63) is 0 Å². The van der Waals surface area contributed by atoms with E-state index in [1.807, 2.05) is 6.26 Å². The fourth-order valence-corrected chi connectivity index (χ4v) is 0.354. The number of hydrogen-bond donors (Lipinski definition) is 3.